The van der Waals surface area contributed by atoms with Crippen LogP contribution in [-0.2, 0) is 23.6 Å². The number of pyridine rings is 1. The largest absolute Gasteiger partial charge is 0.443 e. The van der Waals surface area contributed by atoms with Crippen molar-refractivity contribution in [3.05, 3.63) is 70.5 Å². The first-order chi connectivity index (χ1) is 21.4. The van der Waals surface area contributed by atoms with Gasteiger partial charge in [-0.3, -0.25) is 15.0 Å². The fourth-order valence-electron chi connectivity index (χ4n) is 6.30. The second-order valence-corrected chi connectivity index (χ2v) is 12.3. The fraction of sp³-hybridized carbons (Fsp3) is 0.419. The zero-order chi connectivity index (χ0) is 29.8. The average molecular weight is 614 g/mol. The van der Waals surface area contributed by atoms with Crippen molar-refractivity contribution in [3.63, 3.8) is 0 Å². The summed E-state index contributed by atoms with van der Waals surface area (Å²) in [6.45, 7) is 7.86. The van der Waals surface area contributed by atoms with Crippen LogP contribution >= 0.6 is 11.6 Å². The Morgan fingerprint density at radius 3 is 2.66 bits per heavy atom. The van der Waals surface area contributed by atoms with Crippen molar-refractivity contribution < 1.29 is 14.2 Å². The minimum atomic E-state index is -0.998. The van der Waals surface area contributed by atoms with Crippen molar-refractivity contribution >= 4 is 22.8 Å². The average Bonchev–Trinajstić information content (AvgIpc) is 3.69. The van der Waals surface area contributed by atoms with Gasteiger partial charge in [0.2, 0.25) is 5.82 Å². The van der Waals surface area contributed by atoms with Crippen LogP contribution in [-0.4, -0.2) is 70.6 Å². The Morgan fingerprint density at radius 2 is 1.93 bits per heavy atom. The van der Waals surface area contributed by atoms with Crippen LogP contribution in [0.1, 0.15) is 55.0 Å². The first-order valence-corrected chi connectivity index (χ1v) is 15.4. The number of aromatic amines is 1. The standard InChI is InChI=1S/C31H32ClN9O3/c1-18-34-29(38-36-18)23-14-24-30(39-37-23)41(16-21-10-13-42-21)27(35-24)17-40-11-8-19(9-12-40)22-4-3-5-25-28(22)44-31(2,43-25)26-7-6-20(32)15-33-26/h3-7,14-15,19,21H,8-13,16-17H2,1-2H3,(H,34,36,38). The number of nitrogens with zero attached hydrogens (tertiary/aromatic N) is 8. The number of likely N-dealkylation sites (tertiary alicyclic amines) is 1. The van der Waals surface area contributed by atoms with E-state index in [4.69, 9.17) is 30.8 Å². The summed E-state index contributed by atoms with van der Waals surface area (Å²) in [6.07, 6.45) is 4.81. The molecule has 1 aromatic carbocycles. The number of ether oxygens (including phenoxy) is 3. The SMILES string of the molecule is Cc1nc(-c2cc3nc(CN4CCC(c5cccc6c5OC(C)(c5ccc(Cl)cn5)O6)CC4)n(CC4CCO4)c3nn2)n[nH]1. The quantitative estimate of drug-likeness (QED) is 0.274. The Balaban J connectivity index is 0.997. The Morgan fingerprint density at radius 1 is 1.07 bits per heavy atom. The van der Waals surface area contributed by atoms with Gasteiger partial charge >= 0.3 is 0 Å². The molecule has 2 saturated heterocycles. The van der Waals surface area contributed by atoms with Crippen LogP contribution in [0.15, 0.2) is 42.6 Å². The fourth-order valence-corrected chi connectivity index (χ4v) is 6.41. The Labute approximate surface area is 258 Å². The predicted molar refractivity (Wildman–Crippen MR) is 161 cm³/mol. The summed E-state index contributed by atoms with van der Waals surface area (Å²) in [7, 11) is 0. The van der Waals surface area contributed by atoms with Crippen LogP contribution in [0.3, 0.4) is 0 Å². The van der Waals surface area contributed by atoms with Gasteiger partial charge in [0.05, 0.1) is 24.2 Å². The van der Waals surface area contributed by atoms with Crippen molar-refractivity contribution in [2.45, 2.75) is 64.0 Å². The molecule has 0 aliphatic carbocycles. The third-order valence-corrected chi connectivity index (χ3v) is 9.00. The monoisotopic (exact) mass is 613 g/mol. The predicted octanol–water partition coefficient (Wildman–Crippen LogP) is 4.78. The maximum atomic E-state index is 6.48. The maximum Gasteiger partial charge on any atom is 0.292 e. The Bertz CT molecular complexity index is 1830. The zero-order valence-corrected chi connectivity index (χ0v) is 25.3. The smallest absolute Gasteiger partial charge is 0.292 e. The van der Waals surface area contributed by atoms with Gasteiger partial charge in [0.15, 0.2) is 17.1 Å². The molecular formula is C31H32ClN9O3. The first kappa shape index (κ1) is 27.4. The molecule has 4 aromatic heterocycles. The van der Waals surface area contributed by atoms with Crippen LogP contribution in [0.25, 0.3) is 22.7 Å². The lowest BCUT2D eigenvalue weighted by Crippen LogP contribution is -2.35. The van der Waals surface area contributed by atoms with Gasteiger partial charge in [0.25, 0.3) is 5.79 Å². The molecule has 8 rings (SSSR count). The number of halogens is 1. The molecule has 2 atom stereocenters. The van der Waals surface area contributed by atoms with E-state index in [-0.39, 0.29) is 6.10 Å². The summed E-state index contributed by atoms with van der Waals surface area (Å²) >= 11 is 6.06. The molecule has 12 nitrogen and oxygen atoms in total. The molecule has 226 valence electrons. The summed E-state index contributed by atoms with van der Waals surface area (Å²) in [5, 5.41) is 16.7. The molecule has 7 heterocycles. The summed E-state index contributed by atoms with van der Waals surface area (Å²) < 4.78 is 20.7. The van der Waals surface area contributed by atoms with Gasteiger partial charge in [0.1, 0.15) is 28.6 Å². The van der Waals surface area contributed by atoms with Crippen LogP contribution in [0.2, 0.25) is 5.02 Å². The van der Waals surface area contributed by atoms with Crippen molar-refractivity contribution in [3.8, 4) is 23.0 Å². The Kier molecular flexibility index (Phi) is 6.73. The molecule has 3 aliphatic rings. The molecule has 0 bridgehead atoms. The number of aryl methyl sites for hydroxylation is 1. The van der Waals surface area contributed by atoms with Gasteiger partial charge in [-0.1, -0.05) is 23.7 Å². The molecule has 0 saturated carbocycles. The third-order valence-electron chi connectivity index (χ3n) is 8.77. The third kappa shape index (κ3) is 4.96. The summed E-state index contributed by atoms with van der Waals surface area (Å²) in [6, 6.07) is 11.7. The molecule has 44 heavy (non-hydrogen) atoms. The molecule has 2 fully saturated rings. The summed E-state index contributed by atoms with van der Waals surface area (Å²) in [4.78, 5) is 16.4. The summed E-state index contributed by atoms with van der Waals surface area (Å²) in [5.41, 5.74) is 4.01. The Hall–Kier alpha value is -4.13. The van der Waals surface area contributed by atoms with Gasteiger partial charge in [-0.2, -0.15) is 5.10 Å². The number of para-hydroxylation sites is 1. The highest BCUT2D eigenvalue weighted by Gasteiger charge is 2.42. The van der Waals surface area contributed by atoms with Crippen LogP contribution in [0, 0.1) is 6.92 Å². The van der Waals surface area contributed by atoms with E-state index in [0.29, 0.717) is 34.7 Å². The molecular weight excluding hydrogens is 582 g/mol. The van der Waals surface area contributed by atoms with E-state index in [1.165, 1.54) is 5.56 Å². The lowest BCUT2D eigenvalue weighted by atomic mass is 9.88. The normalized spacial score (nSPS) is 22.0. The van der Waals surface area contributed by atoms with Crippen molar-refractivity contribution in [2.75, 3.05) is 19.7 Å². The minimum Gasteiger partial charge on any atom is -0.443 e. The zero-order valence-electron chi connectivity index (χ0n) is 24.5. The highest BCUT2D eigenvalue weighted by atomic mass is 35.5. The number of benzene rings is 1. The minimum absolute atomic E-state index is 0.171. The number of H-pyrrole nitrogens is 1. The topological polar surface area (TPSA) is 129 Å². The highest BCUT2D eigenvalue weighted by Crippen LogP contribution is 2.49. The lowest BCUT2D eigenvalue weighted by Gasteiger charge is -2.33. The summed E-state index contributed by atoms with van der Waals surface area (Å²) in [5.74, 6) is 3.12. The van der Waals surface area contributed by atoms with Gasteiger partial charge in [-0.25, -0.2) is 9.97 Å². The van der Waals surface area contributed by atoms with E-state index in [2.05, 4.69) is 45.9 Å². The highest BCUT2D eigenvalue weighted by molar-refractivity contribution is 6.30. The maximum absolute atomic E-state index is 6.48. The molecule has 0 spiro atoms. The lowest BCUT2D eigenvalue weighted by molar-refractivity contribution is -0.0722. The first-order valence-electron chi connectivity index (χ1n) is 15.0. The van der Waals surface area contributed by atoms with E-state index >= 15 is 0 Å². The number of aromatic nitrogens is 8. The second kappa shape index (κ2) is 10.8. The number of imidazole rings is 1. The van der Waals surface area contributed by atoms with Crippen LogP contribution < -0.4 is 9.47 Å². The van der Waals surface area contributed by atoms with E-state index in [9.17, 15) is 0 Å². The van der Waals surface area contributed by atoms with Gasteiger partial charge in [0, 0.05) is 25.3 Å². The number of hydrogen-bond acceptors (Lipinski definition) is 10. The molecule has 0 amide bonds. The van der Waals surface area contributed by atoms with Gasteiger partial charge in [-0.05, 0) is 69.5 Å². The van der Waals surface area contributed by atoms with Crippen molar-refractivity contribution in [2.24, 2.45) is 0 Å². The molecule has 0 radical (unpaired) electrons. The van der Waals surface area contributed by atoms with Crippen LogP contribution in [0.4, 0.5) is 0 Å². The van der Waals surface area contributed by atoms with Crippen molar-refractivity contribution in [1.82, 2.24) is 44.8 Å². The molecule has 3 aliphatic heterocycles. The number of hydrogen-bond donors (Lipinski definition) is 1. The number of piperidine rings is 1. The number of nitrogens with one attached hydrogen (secondary N) is 1. The van der Waals surface area contributed by atoms with Gasteiger partial charge < -0.3 is 18.8 Å². The molecule has 13 heteroatoms. The molecule has 2 unspecified atom stereocenters. The molecule has 1 N–H and O–H groups in total. The molecule has 5 aromatic rings. The van der Waals surface area contributed by atoms with Crippen molar-refractivity contribution in [1.29, 1.82) is 0 Å². The second-order valence-electron chi connectivity index (χ2n) is 11.8. The van der Waals surface area contributed by atoms with Crippen LogP contribution in [0.5, 0.6) is 11.5 Å². The van der Waals surface area contributed by atoms with E-state index in [1.807, 2.05) is 38.1 Å². The van der Waals surface area contributed by atoms with E-state index in [0.717, 1.165) is 79.8 Å². The van der Waals surface area contributed by atoms with E-state index in [1.54, 1.807) is 12.3 Å². The van der Waals surface area contributed by atoms with E-state index < -0.39 is 5.79 Å². The number of fused-ring (bicyclic) bond motifs is 2. The van der Waals surface area contributed by atoms with Gasteiger partial charge in [-0.15, -0.1) is 10.2 Å². The number of rotatable bonds is 7.